The number of hydrogen-bond donors (Lipinski definition) is 0. The van der Waals surface area contributed by atoms with E-state index < -0.39 is 48.3 Å². The van der Waals surface area contributed by atoms with Crippen molar-refractivity contribution < 1.29 is 42.9 Å². The van der Waals surface area contributed by atoms with Crippen LogP contribution in [0.2, 0.25) is 0 Å². The van der Waals surface area contributed by atoms with Crippen LogP contribution in [-0.4, -0.2) is 61.5 Å². The maximum absolute atomic E-state index is 11.8. The van der Waals surface area contributed by atoms with Crippen LogP contribution in [0.1, 0.15) is 13.3 Å². The first-order valence-electron chi connectivity index (χ1n) is 8.12. The summed E-state index contributed by atoms with van der Waals surface area (Å²) in [5, 5.41) is 0. The predicted molar refractivity (Wildman–Crippen MR) is 91.2 cm³/mol. The van der Waals surface area contributed by atoms with Crippen molar-refractivity contribution in [3.05, 3.63) is 38.0 Å². The summed E-state index contributed by atoms with van der Waals surface area (Å²) in [5.41, 5.74) is 0. The zero-order chi connectivity index (χ0) is 20.4. The van der Waals surface area contributed by atoms with Crippen LogP contribution in [0.25, 0.3) is 0 Å². The van der Waals surface area contributed by atoms with Crippen LogP contribution >= 0.6 is 0 Å². The summed E-state index contributed by atoms with van der Waals surface area (Å²) in [5.74, 6) is -2.92. The molecular weight excluding hydrogens is 360 g/mol. The fourth-order valence-electron chi connectivity index (χ4n) is 2.20. The third-order valence-electron chi connectivity index (χ3n) is 3.50. The Bertz CT molecular complexity index is 610. The van der Waals surface area contributed by atoms with Crippen molar-refractivity contribution in [2.45, 2.75) is 37.8 Å². The summed E-state index contributed by atoms with van der Waals surface area (Å²) in [4.78, 5) is 46.4. The third-order valence-corrected chi connectivity index (χ3v) is 3.50. The summed E-state index contributed by atoms with van der Waals surface area (Å²) < 4.78 is 26.1. The Kier molecular flexibility index (Phi) is 8.94. The molecule has 0 aromatic carbocycles. The summed E-state index contributed by atoms with van der Waals surface area (Å²) in [6.45, 7) is 11.0. The van der Waals surface area contributed by atoms with Crippen LogP contribution in [-0.2, 0) is 42.9 Å². The smallest absolute Gasteiger partial charge is 0.330 e. The zero-order valence-corrected chi connectivity index (χ0v) is 15.0. The van der Waals surface area contributed by atoms with E-state index in [0.717, 1.165) is 18.2 Å². The molecule has 1 fully saturated rings. The van der Waals surface area contributed by atoms with E-state index in [1.165, 1.54) is 0 Å². The highest BCUT2D eigenvalue weighted by Crippen LogP contribution is 2.25. The molecule has 0 aliphatic carbocycles. The topological polar surface area (TPSA) is 114 Å². The first kappa shape index (κ1) is 22.1. The first-order chi connectivity index (χ1) is 12.9. The number of carbonyl (C=O) groups is 4. The van der Waals surface area contributed by atoms with E-state index in [4.69, 9.17) is 23.7 Å². The van der Waals surface area contributed by atoms with Crippen molar-refractivity contribution in [3.63, 3.8) is 0 Å². The van der Waals surface area contributed by atoms with Crippen molar-refractivity contribution in [2.75, 3.05) is 13.2 Å². The molecule has 9 heteroatoms. The number of hydrogen-bond acceptors (Lipinski definition) is 9. The van der Waals surface area contributed by atoms with Gasteiger partial charge in [0, 0.05) is 24.6 Å². The lowest BCUT2D eigenvalue weighted by Gasteiger charge is -2.40. The second-order valence-corrected chi connectivity index (χ2v) is 5.30. The minimum absolute atomic E-state index is 0.0366. The molecule has 0 amide bonds. The monoisotopic (exact) mass is 382 g/mol. The molecule has 0 spiro atoms. The van der Waals surface area contributed by atoms with Crippen molar-refractivity contribution >= 4 is 23.9 Å². The summed E-state index contributed by atoms with van der Waals surface area (Å²) >= 11 is 0. The van der Waals surface area contributed by atoms with Gasteiger partial charge in [0.05, 0.1) is 6.61 Å². The van der Waals surface area contributed by atoms with Crippen LogP contribution in [0, 0.1) is 0 Å². The average molecular weight is 382 g/mol. The van der Waals surface area contributed by atoms with E-state index in [-0.39, 0.29) is 19.6 Å². The fraction of sp³-hybridized carbons (Fsp3) is 0.444. The van der Waals surface area contributed by atoms with Gasteiger partial charge in [-0.1, -0.05) is 26.7 Å². The Morgan fingerprint density at radius 2 is 1.52 bits per heavy atom. The molecule has 1 rings (SSSR count). The van der Waals surface area contributed by atoms with Gasteiger partial charge >= 0.3 is 23.9 Å². The quantitative estimate of drug-likeness (QED) is 0.322. The minimum Gasteiger partial charge on any atom is -0.460 e. The molecular formula is C18H22O9. The van der Waals surface area contributed by atoms with Gasteiger partial charge in [-0.05, 0) is 0 Å². The zero-order valence-electron chi connectivity index (χ0n) is 15.0. The molecule has 1 saturated heterocycles. The van der Waals surface area contributed by atoms with Crippen LogP contribution in [0.15, 0.2) is 38.0 Å². The Labute approximate surface area is 156 Å². The van der Waals surface area contributed by atoms with Gasteiger partial charge in [0.15, 0.2) is 18.3 Å². The van der Waals surface area contributed by atoms with Gasteiger partial charge in [0.1, 0.15) is 12.7 Å². The van der Waals surface area contributed by atoms with Gasteiger partial charge < -0.3 is 23.7 Å². The van der Waals surface area contributed by atoms with Crippen molar-refractivity contribution in [1.29, 1.82) is 0 Å². The molecule has 27 heavy (non-hydrogen) atoms. The lowest BCUT2D eigenvalue weighted by atomic mass is 9.99. The van der Waals surface area contributed by atoms with Gasteiger partial charge in [-0.3, -0.25) is 4.79 Å². The summed E-state index contributed by atoms with van der Waals surface area (Å²) in [7, 11) is 0. The van der Waals surface area contributed by atoms with Crippen molar-refractivity contribution in [2.24, 2.45) is 0 Å². The van der Waals surface area contributed by atoms with Crippen LogP contribution in [0.4, 0.5) is 0 Å². The molecule has 4 atom stereocenters. The summed E-state index contributed by atoms with van der Waals surface area (Å²) in [6, 6.07) is 0. The Morgan fingerprint density at radius 3 is 2.07 bits per heavy atom. The minimum atomic E-state index is -1.20. The van der Waals surface area contributed by atoms with E-state index in [1.54, 1.807) is 6.92 Å². The lowest BCUT2D eigenvalue weighted by Crippen LogP contribution is -2.58. The normalized spacial score (nSPS) is 24.0. The Hall–Kier alpha value is -2.94. The molecule has 148 valence electrons. The number of esters is 4. The van der Waals surface area contributed by atoms with E-state index in [0.29, 0.717) is 0 Å². The standard InChI is InChI=1S/C18H22O9/c1-5-13(19)24-9-11-17(26-15(21)7-3)18(27-16(22)8-4)12(10-23-11)25-14(20)6-2/h5-6,8,11-12,17-18H,1-2,4,7,9-10H2,3H3. The molecule has 0 aromatic heterocycles. The van der Waals surface area contributed by atoms with Crippen molar-refractivity contribution in [1.82, 2.24) is 0 Å². The van der Waals surface area contributed by atoms with E-state index >= 15 is 0 Å². The lowest BCUT2D eigenvalue weighted by molar-refractivity contribution is -0.230. The van der Waals surface area contributed by atoms with Gasteiger partial charge in [0.25, 0.3) is 0 Å². The first-order valence-corrected chi connectivity index (χ1v) is 8.12. The highest BCUT2D eigenvalue weighted by molar-refractivity contribution is 5.82. The van der Waals surface area contributed by atoms with E-state index in [9.17, 15) is 19.2 Å². The highest BCUT2D eigenvalue weighted by atomic mass is 16.7. The molecule has 0 aromatic rings. The SMILES string of the molecule is C=CC(=O)OCC1OCC(OC(=O)C=C)C(OC(=O)C=C)C1OC(=O)CC. The number of ether oxygens (including phenoxy) is 5. The van der Waals surface area contributed by atoms with Gasteiger partial charge in [-0.2, -0.15) is 0 Å². The molecule has 0 radical (unpaired) electrons. The maximum Gasteiger partial charge on any atom is 0.330 e. The largest absolute Gasteiger partial charge is 0.460 e. The molecule has 4 unspecified atom stereocenters. The number of carbonyl (C=O) groups excluding carboxylic acids is 4. The maximum atomic E-state index is 11.8. The molecule has 0 saturated carbocycles. The van der Waals surface area contributed by atoms with Crippen LogP contribution in [0.3, 0.4) is 0 Å². The van der Waals surface area contributed by atoms with E-state index in [2.05, 4.69) is 19.7 Å². The molecule has 1 aliphatic heterocycles. The predicted octanol–water partition coefficient (Wildman–Crippen LogP) is 0.632. The highest BCUT2D eigenvalue weighted by Gasteiger charge is 2.47. The molecule has 1 heterocycles. The fourth-order valence-corrected chi connectivity index (χ4v) is 2.20. The number of rotatable bonds is 9. The molecule has 9 nitrogen and oxygen atoms in total. The molecule has 0 N–H and O–H groups in total. The summed E-state index contributed by atoms with van der Waals surface area (Å²) in [6.07, 6.45) is -1.57. The van der Waals surface area contributed by atoms with Crippen molar-refractivity contribution in [3.8, 4) is 0 Å². The van der Waals surface area contributed by atoms with Crippen LogP contribution in [0.5, 0.6) is 0 Å². The second-order valence-electron chi connectivity index (χ2n) is 5.30. The molecule has 1 aliphatic rings. The van der Waals surface area contributed by atoms with Gasteiger partial charge in [-0.25, -0.2) is 14.4 Å². The Balaban J connectivity index is 3.10. The van der Waals surface area contributed by atoms with Gasteiger partial charge in [-0.15, -0.1) is 0 Å². The van der Waals surface area contributed by atoms with E-state index in [1.807, 2.05) is 0 Å². The average Bonchev–Trinajstić information content (AvgIpc) is 2.68. The molecule has 0 bridgehead atoms. The van der Waals surface area contributed by atoms with Gasteiger partial charge in [0.2, 0.25) is 0 Å². The Morgan fingerprint density at radius 1 is 0.926 bits per heavy atom. The van der Waals surface area contributed by atoms with Crippen LogP contribution < -0.4 is 0 Å². The second kappa shape index (κ2) is 10.9. The third kappa shape index (κ3) is 6.70.